The molecular weight excluding hydrogens is 488 g/mol. The zero-order chi connectivity index (χ0) is 27.6. The fourth-order valence-corrected chi connectivity index (χ4v) is 4.96. The van der Waals surface area contributed by atoms with Crippen molar-refractivity contribution in [1.82, 2.24) is 0 Å². The Labute approximate surface area is 231 Å². The number of esters is 1. The van der Waals surface area contributed by atoms with Gasteiger partial charge < -0.3 is 19.6 Å². The molecule has 0 bridgehead atoms. The minimum atomic E-state index is -0.513. The van der Waals surface area contributed by atoms with Gasteiger partial charge in [0, 0.05) is 37.5 Å². The monoisotopic (exact) mass is 526 g/mol. The van der Waals surface area contributed by atoms with E-state index in [9.17, 15) is 9.59 Å². The predicted octanol–water partition coefficient (Wildman–Crippen LogP) is 6.08. The van der Waals surface area contributed by atoms with Crippen LogP contribution >= 0.6 is 0 Å². The molecule has 0 spiro atoms. The van der Waals surface area contributed by atoms with Gasteiger partial charge in [0.05, 0.1) is 13.2 Å². The lowest BCUT2D eigenvalue weighted by Gasteiger charge is -2.30. The minimum absolute atomic E-state index is 0.0286. The van der Waals surface area contributed by atoms with Crippen LogP contribution in [0.15, 0.2) is 78.9 Å². The smallest absolute Gasteiger partial charge is 0.330 e. The van der Waals surface area contributed by atoms with Gasteiger partial charge in [0.15, 0.2) is 0 Å². The zero-order valence-electron chi connectivity index (χ0n) is 22.9. The summed E-state index contributed by atoms with van der Waals surface area (Å²) in [7, 11) is 4.06. The molecule has 0 unspecified atom stereocenters. The number of hydrogen-bond donors (Lipinski definition) is 1. The van der Waals surface area contributed by atoms with Crippen LogP contribution in [0.2, 0.25) is 0 Å². The zero-order valence-corrected chi connectivity index (χ0v) is 22.9. The lowest BCUT2D eigenvalue weighted by Crippen LogP contribution is -2.36. The molecule has 6 heteroatoms. The molecule has 6 nitrogen and oxygen atoms in total. The van der Waals surface area contributed by atoms with Crippen molar-refractivity contribution in [3.8, 4) is 11.1 Å². The molecule has 0 aliphatic heterocycles. The highest BCUT2D eigenvalue weighted by Gasteiger charge is 2.27. The van der Waals surface area contributed by atoms with E-state index in [-0.39, 0.29) is 25.0 Å². The topological polar surface area (TPSA) is 70.1 Å². The van der Waals surface area contributed by atoms with E-state index in [1.54, 1.807) is 6.08 Å². The number of carbonyl (C=O) groups excluding carboxylic acids is 2. The van der Waals surface area contributed by atoms with Gasteiger partial charge in [-0.05, 0) is 65.4 Å². The summed E-state index contributed by atoms with van der Waals surface area (Å²) in [6.45, 7) is 0.227. The number of ether oxygens (including phenoxy) is 1. The van der Waals surface area contributed by atoms with Crippen molar-refractivity contribution < 1.29 is 19.4 Å². The molecule has 3 aromatic carbocycles. The first kappa shape index (κ1) is 28.1. The van der Waals surface area contributed by atoms with Crippen molar-refractivity contribution in [2.45, 2.75) is 38.6 Å². The number of aliphatic hydroxyl groups excluding tert-OH is 1. The number of nitrogens with zero attached hydrogens (tertiary/aromatic N) is 2. The molecule has 0 aromatic heterocycles. The first-order valence-corrected chi connectivity index (χ1v) is 13.7. The van der Waals surface area contributed by atoms with Gasteiger partial charge in [-0.15, -0.1) is 0 Å². The third-order valence-electron chi connectivity index (χ3n) is 7.16. The molecular formula is C33H38N2O4. The number of hydrogen-bond acceptors (Lipinski definition) is 5. The fourth-order valence-electron chi connectivity index (χ4n) is 4.96. The van der Waals surface area contributed by atoms with Crippen molar-refractivity contribution >= 4 is 29.3 Å². The summed E-state index contributed by atoms with van der Waals surface area (Å²) < 4.78 is 4.90. The van der Waals surface area contributed by atoms with Gasteiger partial charge in [-0.3, -0.25) is 4.79 Å². The Morgan fingerprint density at radius 2 is 1.56 bits per heavy atom. The van der Waals surface area contributed by atoms with E-state index in [2.05, 4.69) is 53.4 Å². The van der Waals surface area contributed by atoms with Crippen LogP contribution in [-0.4, -0.2) is 44.3 Å². The Kier molecular flexibility index (Phi) is 9.92. The van der Waals surface area contributed by atoms with Gasteiger partial charge in [-0.2, -0.15) is 0 Å². The molecule has 3 aromatic rings. The maximum Gasteiger partial charge on any atom is 0.330 e. The summed E-state index contributed by atoms with van der Waals surface area (Å²) in [5, 5.41) is 8.84. The molecule has 0 saturated heterocycles. The molecule has 1 amide bonds. The summed E-state index contributed by atoms with van der Waals surface area (Å²) in [4.78, 5) is 29.6. The van der Waals surface area contributed by atoms with Gasteiger partial charge in [-0.25, -0.2) is 4.79 Å². The predicted molar refractivity (Wildman–Crippen MR) is 157 cm³/mol. The van der Waals surface area contributed by atoms with E-state index < -0.39 is 5.97 Å². The number of aliphatic hydroxyl groups is 1. The van der Waals surface area contributed by atoms with Gasteiger partial charge in [-0.1, -0.05) is 67.8 Å². The van der Waals surface area contributed by atoms with Crippen molar-refractivity contribution in [2.24, 2.45) is 5.92 Å². The molecule has 4 rings (SSSR count). The molecule has 1 N–H and O–H groups in total. The highest BCUT2D eigenvalue weighted by molar-refractivity contribution is 5.95. The minimum Gasteiger partial charge on any atom is -0.460 e. The van der Waals surface area contributed by atoms with Crippen molar-refractivity contribution in [3.05, 3.63) is 90.0 Å². The first-order chi connectivity index (χ1) is 18.9. The third kappa shape index (κ3) is 7.80. The summed E-state index contributed by atoms with van der Waals surface area (Å²) in [5.41, 5.74) is 6.10. The number of carbonyl (C=O) groups is 2. The van der Waals surface area contributed by atoms with Gasteiger partial charge in [0.1, 0.15) is 6.61 Å². The van der Waals surface area contributed by atoms with Crippen molar-refractivity contribution in [1.29, 1.82) is 0 Å². The van der Waals surface area contributed by atoms with Crippen LogP contribution < -0.4 is 9.80 Å². The Hall–Kier alpha value is -3.90. The first-order valence-electron chi connectivity index (χ1n) is 13.7. The number of benzene rings is 3. The van der Waals surface area contributed by atoms with Crippen LogP contribution in [0.1, 0.15) is 43.2 Å². The van der Waals surface area contributed by atoms with Crippen LogP contribution in [0.5, 0.6) is 0 Å². The molecule has 0 atom stereocenters. The Balaban J connectivity index is 1.56. The second kappa shape index (κ2) is 13.8. The van der Waals surface area contributed by atoms with E-state index in [0.29, 0.717) is 6.54 Å². The van der Waals surface area contributed by atoms with Crippen LogP contribution in [0, 0.1) is 5.92 Å². The molecule has 39 heavy (non-hydrogen) atoms. The average Bonchev–Trinajstić information content (AvgIpc) is 2.98. The fraction of sp³-hybridized carbons (Fsp3) is 0.333. The summed E-state index contributed by atoms with van der Waals surface area (Å²) in [5.74, 6) is -0.330. The number of amides is 1. The molecule has 0 radical (unpaired) electrons. The lowest BCUT2D eigenvalue weighted by molar-refractivity contribution is -0.138. The van der Waals surface area contributed by atoms with E-state index in [4.69, 9.17) is 9.84 Å². The average molecular weight is 527 g/mol. The largest absolute Gasteiger partial charge is 0.460 e. The van der Waals surface area contributed by atoms with Crippen molar-refractivity contribution in [2.75, 3.05) is 37.1 Å². The second-order valence-electron chi connectivity index (χ2n) is 10.2. The molecule has 1 saturated carbocycles. The maximum absolute atomic E-state index is 13.8. The van der Waals surface area contributed by atoms with Gasteiger partial charge in [0.25, 0.3) is 0 Å². The number of rotatable bonds is 10. The summed E-state index contributed by atoms with van der Waals surface area (Å²) >= 11 is 0. The van der Waals surface area contributed by atoms with E-state index in [0.717, 1.165) is 59.3 Å². The second-order valence-corrected chi connectivity index (χ2v) is 10.2. The Morgan fingerprint density at radius 1 is 0.897 bits per heavy atom. The maximum atomic E-state index is 13.8. The van der Waals surface area contributed by atoms with Crippen LogP contribution in [0.25, 0.3) is 17.2 Å². The molecule has 1 fully saturated rings. The van der Waals surface area contributed by atoms with Crippen LogP contribution in [-0.2, 0) is 20.9 Å². The summed E-state index contributed by atoms with van der Waals surface area (Å²) in [6.07, 6.45) is 8.22. The third-order valence-corrected chi connectivity index (χ3v) is 7.16. The highest BCUT2D eigenvalue weighted by atomic mass is 16.5. The van der Waals surface area contributed by atoms with Gasteiger partial charge >= 0.3 is 5.97 Å². The van der Waals surface area contributed by atoms with E-state index in [1.165, 1.54) is 12.5 Å². The van der Waals surface area contributed by atoms with Gasteiger partial charge in [0.2, 0.25) is 5.91 Å². The highest BCUT2D eigenvalue weighted by Crippen LogP contribution is 2.30. The molecule has 204 valence electrons. The van der Waals surface area contributed by atoms with Crippen molar-refractivity contribution in [3.63, 3.8) is 0 Å². The summed E-state index contributed by atoms with van der Waals surface area (Å²) in [6, 6.07) is 24.6. The lowest BCUT2D eigenvalue weighted by atomic mass is 9.88. The van der Waals surface area contributed by atoms with Crippen LogP contribution in [0.3, 0.4) is 0 Å². The Morgan fingerprint density at radius 3 is 2.21 bits per heavy atom. The van der Waals surface area contributed by atoms with Crippen LogP contribution in [0.4, 0.5) is 11.4 Å². The van der Waals surface area contributed by atoms with E-state index in [1.807, 2.05) is 43.3 Å². The Bertz CT molecular complexity index is 1260. The standard InChI is InChI=1S/C33H38N2O4/c1-34(2)30-18-16-28(17-19-30)27-14-11-26(12-15-27)24-35(33(38)29-8-4-3-5-9-29)31-10-6-7-25(23-31)13-20-32(37)39-22-21-36/h6-7,10-20,23,29,36H,3-5,8-9,21-22,24H2,1-2H3/b20-13+. The molecule has 1 aliphatic rings. The quantitative estimate of drug-likeness (QED) is 0.256. The van der Waals surface area contributed by atoms with E-state index >= 15 is 0 Å². The molecule has 0 heterocycles. The SMILES string of the molecule is CN(C)c1ccc(-c2ccc(CN(C(=O)C3CCCCC3)c3cccc(/C=C/C(=O)OCCO)c3)cc2)cc1. The molecule has 1 aliphatic carbocycles. The number of anilines is 2. The normalized spacial score (nSPS) is 13.8.